The largest absolute Gasteiger partial charge is 0.456 e. The van der Waals surface area contributed by atoms with Gasteiger partial charge in [-0.1, -0.05) is 38.3 Å². The Labute approximate surface area is 177 Å². The van der Waals surface area contributed by atoms with Crippen molar-refractivity contribution < 1.29 is 23.9 Å². The first-order chi connectivity index (χ1) is 14.5. The van der Waals surface area contributed by atoms with Crippen molar-refractivity contribution in [2.45, 2.75) is 58.3 Å². The lowest BCUT2D eigenvalue weighted by Crippen LogP contribution is -2.33. The Bertz CT molecular complexity index is 765. The fourth-order valence-electron chi connectivity index (χ4n) is 4.21. The van der Waals surface area contributed by atoms with E-state index in [-0.39, 0.29) is 36.6 Å². The van der Waals surface area contributed by atoms with E-state index >= 15 is 0 Å². The molecule has 7 heteroatoms. The van der Waals surface area contributed by atoms with Crippen molar-refractivity contribution in [3.63, 3.8) is 0 Å². The quantitative estimate of drug-likeness (QED) is 0.495. The Morgan fingerprint density at radius 3 is 2.30 bits per heavy atom. The van der Waals surface area contributed by atoms with Crippen LogP contribution in [0.1, 0.15) is 57.4 Å². The molecule has 3 amide bonds. The zero-order valence-corrected chi connectivity index (χ0v) is 17.5. The Morgan fingerprint density at radius 1 is 1.07 bits per heavy atom. The van der Waals surface area contributed by atoms with Gasteiger partial charge in [-0.3, -0.25) is 24.1 Å². The number of aryl methyl sites for hydroxylation is 1. The summed E-state index contributed by atoms with van der Waals surface area (Å²) in [4.78, 5) is 50.0. The lowest BCUT2D eigenvalue weighted by molar-refractivity contribution is -0.148. The van der Waals surface area contributed by atoms with Gasteiger partial charge in [0.15, 0.2) is 6.61 Å². The van der Waals surface area contributed by atoms with E-state index in [2.05, 4.69) is 12.2 Å². The van der Waals surface area contributed by atoms with Gasteiger partial charge in [0.1, 0.15) is 0 Å². The van der Waals surface area contributed by atoms with Gasteiger partial charge in [0.2, 0.25) is 11.8 Å². The molecule has 1 aromatic carbocycles. The van der Waals surface area contributed by atoms with Crippen LogP contribution in [0.5, 0.6) is 0 Å². The van der Waals surface area contributed by atoms with Crippen molar-refractivity contribution in [1.29, 1.82) is 0 Å². The summed E-state index contributed by atoms with van der Waals surface area (Å²) in [5.41, 5.74) is 1.86. The first-order valence-corrected chi connectivity index (χ1v) is 10.9. The zero-order chi connectivity index (χ0) is 21.5. The summed E-state index contributed by atoms with van der Waals surface area (Å²) in [5.74, 6) is -1.81. The number of anilines is 1. The second kappa shape index (κ2) is 10.4. The van der Waals surface area contributed by atoms with Crippen molar-refractivity contribution in [2.24, 2.45) is 11.8 Å². The molecule has 0 bridgehead atoms. The van der Waals surface area contributed by atoms with Gasteiger partial charge in [-0.25, -0.2) is 0 Å². The molecule has 1 aromatic rings. The highest BCUT2D eigenvalue weighted by molar-refractivity contribution is 6.05. The van der Waals surface area contributed by atoms with Gasteiger partial charge in [-0.15, -0.1) is 0 Å². The highest BCUT2D eigenvalue weighted by Crippen LogP contribution is 2.37. The third kappa shape index (κ3) is 5.46. The molecule has 7 nitrogen and oxygen atoms in total. The van der Waals surface area contributed by atoms with Crippen LogP contribution in [0.25, 0.3) is 0 Å². The molecule has 3 rings (SSSR count). The maximum Gasteiger partial charge on any atom is 0.308 e. The Balaban J connectivity index is 1.38. The minimum absolute atomic E-state index is 0.0182. The normalized spacial score (nSPS) is 20.8. The number of benzene rings is 1. The van der Waals surface area contributed by atoms with Crippen molar-refractivity contribution in [3.05, 3.63) is 29.8 Å². The number of unbranched alkanes of at least 4 members (excludes halogenated alkanes) is 1. The van der Waals surface area contributed by atoms with Crippen LogP contribution in [0.2, 0.25) is 0 Å². The average Bonchev–Trinajstić information content (AvgIpc) is 3.00. The summed E-state index contributed by atoms with van der Waals surface area (Å²) in [5, 5.41) is 2.69. The van der Waals surface area contributed by atoms with E-state index in [1.54, 1.807) is 0 Å². The van der Waals surface area contributed by atoms with E-state index in [0.717, 1.165) is 44.9 Å². The molecule has 1 aliphatic heterocycles. The number of nitrogens with zero attached hydrogens (tertiary/aromatic N) is 1. The molecule has 2 fully saturated rings. The molecule has 30 heavy (non-hydrogen) atoms. The number of imide groups is 1. The van der Waals surface area contributed by atoms with Crippen molar-refractivity contribution >= 4 is 29.4 Å². The van der Waals surface area contributed by atoms with Crippen LogP contribution in [-0.4, -0.2) is 41.7 Å². The SMILES string of the molecule is CCCCc1ccc(NC(=O)COC(=O)CCN2C(=O)[C@H]3CCCC[C@H]3C2=O)cc1. The molecule has 1 saturated heterocycles. The Kier molecular flexibility index (Phi) is 7.60. The van der Waals surface area contributed by atoms with Crippen LogP contribution in [0.15, 0.2) is 24.3 Å². The number of amides is 3. The highest BCUT2D eigenvalue weighted by atomic mass is 16.5. The summed E-state index contributed by atoms with van der Waals surface area (Å²) < 4.78 is 5.00. The van der Waals surface area contributed by atoms with Crippen LogP contribution in [0.4, 0.5) is 5.69 Å². The molecule has 1 aliphatic carbocycles. The molecule has 1 saturated carbocycles. The highest BCUT2D eigenvalue weighted by Gasteiger charge is 2.47. The molecule has 2 atom stereocenters. The molecule has 0 spiro atoms. The zero-order valence-electron chi connectivity index (χ0n) is 17.5. The number of carbonyl (C=O) groups is 4. The molecule has 0 unspecified atom stereocenters. The van der Waals surface area contributed by atoms with Gasteiger partial charge < -0.3 is 10.1 Å². The molecule has 1 N–H and O–H groups in total. The minimum atomic E-state index is -0.601. The monoisotopic (exact) mass is 414 g/mol. The number of hydrogen-bond donors (Lipinski definition) is 1. The number of esters is 1. The van der Waals surface area contributed by atoms with Crippen LogP contribution in [-0.2, 0) is 30.3 Å². The average molecular weight is 415 g/mol. The van der Waals surface area contributed by atoms with Crippen LogP contribution < -0.4 is 5.32 Å². The summed E-state index contributed by atoms with van der Waals surface area (Å²) in [7, 11) is 0. The number of fused-ring (bicyclic) bond motifs is 1. The minimum Gasteiger partial charge on any atom is -0.456 e. The van der Waals surface area contributed by atoms with Gasteiger partial charge in [0.05, 0.1) is 18.3 Å². The van der Waals surface area contributed by atoms with Gasteiger partial charge >= 0.3 is 5.97 Å². The van der Waals surface area contributed by atoms with Gasteiger partial charge in [-0.2, -0.15) is 0 Å². The smallest absolute Gasteiger partial charge is 0.308 e. The van der Waals surface area contributed by atoms with Crippen molar-refractivity contribution in [2.75, 3.05) is 18.5 Å². The third-order valence-corrected chi connectivity index (χ3v) is 5.89. The maximum absolute atomic E-state index is 12.4. The number of hydrogen-bond acceptors (Lipinski definition) is 5. The van der Waals surface area contributed by atoms with Crippen LogP contribution >= 0.6 is 0 Å². The van der Waals surface area contributed by atoms with E-state index in [4.69, 9.17) is 4.74 Å². The predicted octanol–water partition coefficient (Wildman–Crippen LogP) is 3.08. The summed E-state index contributed by atoms with van der Waals surface area (Å²) in [6.45, 7) is 1.76. The van der Waals surface area contributed by atoms with Crippen LogP contribution in [0, 0.1) is 11.8 Å². The summed E-state index contributed by atoms with van der Waals surface area (Å²) in [6.07, 6.45) is 6.58. The molecular formula is C23H30N2O5. The van der Waals surface area contributed by atoms with E-state index in [1.165, 1.54) is 10.5 Å². The van der Waals surface area contributed by atoms with Gasteiger partial charge in [0, 0.05) is 12.2 Å². The van der Waals surface area contributed by atoms with E-state index in [0.29, 0.717) is 5.69 Å². The second-order valence-electron chi connectivity index (χ2n) is 8.08. The number of likely N-dealkylation sites (tertiary alicyclic amines) is 1. The number of rotatable bonds is 9. The first kappa shape index (κ1) is 22.0. The lowest BCUT2D eigenvalue weighted by Gasteiger charge is -2.19. The van der Waals surface area contributed by atoms with E-state index in [1.807, 2.05) is 24.3 Å². The lowest BCUT2D eigenvalue weighted by atomic mass is 9.81. The second-order valence-corrected chi connectivity index (χ2v) is 8.08. The van der Waals surface area contributed by atoms with E-state index < -0.39 is 18.5 Å². The number of nitrogens with one attached hydrogen (secondary N) is 1. The van der Waals surface area contributed by atoms with Crippen molar-refractivity contribution in [1.82, 2.24) is 4.90 Å². The molecular weight excluding hydrogens is 384 g/mol. The predicted molar refractivity (Wildman–Crippen MR) is 111 cm³/mol. The molecule has 1 heterocycles. The fourth-order valence-corrected chi connectivity index (χ4v) is 4.21. The molecule has 162 valence electrons. The summed E-state index contributed by atoms with van der Waals surface area (Å²) in [6, 6.07) is 7.60. The van der Waals surface area contributed by atoms with Crippen LogP contribution in [0.3, 0.4) is 0 Å². The first-order valence-electron chi connectivity index (χ1n) is 10.9. The molecule has 0 radical (unpaired) electrons. The molecule has 0 aromatic heterocycles. The van der Waals surface area contributed by atoms with Crippen molar-refractivity contribution in [3.8, 4) is 0 Å². The molecule has 2 aliphatic rings. The summed E-state index contributed by atoms with van der Waals surface area (Å²) >= 11 is 0. The van der Waals surface area contributed by atoms with Gasteiger partial charge in [0.25, 0.3) is 5.91 Å². The fraction of sp³-hybridized carbons (Fsp3) is 0.565. The van der Waals surface area contributed by atoms with E-state index in [9.17, 15) is 19.2 Å². The maximum atomic E-state index is 12.4. The third-order valence-electron chi connectivity index (χ3n) is 5.89. The Morgan fingerprint density at radius 2 is 1.70 bits per heavy atom. The Hall–Kier alpha value is -2.70. The number of carbonyl (C=O) groups excluding carboxylic acids is 4. The standard InChI is InChI=1S/C23H30N2O5/c1-2-3-6-16-9-11-17(12-10-16)24-20(26)15-30-21(27)13-14-25-22(28)18-7-4-5-8-19(18)23(25)29/h9-12,18-19H,2-8,13-15H2,1H3,(H,24,26)/t18-,19+. The topological polar surface area (TPSA) is 92.8 Å². The van der Waals surface area contributed by atoms with Gasteiger partial charge in [-0.05, 0) is 43.4 Å². The number of ether oxygens (including phenoxy) is 1.